The molecule has 3 heterocycles. The summed E-state index contributed by atoms with van der Waals surface area (Å²) in [5.41, 5.74) is 1.04. The third-order valence-electron chi connectivity index (χ3n) is 4.73. The van der Waals surface area contributed by atoms with E-state index in [0.717, 1.165) is 26.2 Å². The summed E-state index contributed by atoms with van der Waals surface area (Å²) < 4.78 is 16.0. The molecule has 0 spiro atoms. The van der Waals surface area contributed by atoms with Crippen LogP contribution >= 0.6 is 0 Å². The smallest absolute Gasteiger partial charge is 0.348 e. The van der Waals surface area contributed by atoms with Crippen LogP contribution in [0.3, 0.4) is 0 Å². The summed E-state index contributed by atoms with van der Waals surface area (Å²) in [5.74, 6) is -1.56. The number of carbonyl (C=O) groups is 2. The van der Waals surface area contributed by atoms with Gasteiger partial charge in [0.2, 0.25) is 0 Å². The van der Waals surface area contributed by atoms with E-state index in [-0.39, 0.29) is 5.57 Å². The van der Waals surface area contributed by atoms with Gasteiger partial charge in [-0.25, -0.2) is 9.59 Å². The van der Waals surface area contributed by atoms with Crippen molar-refractivity contribution < 1.29 is 23.5 Å². The first-order valence-corrected chi connectivity index (χ1v) is 9.24. The molecule has 7 nitrogen and oxygen atoms in total. The van der Waals surface area contributed by atoms with E-state index in [1.54, 1.807) is 6.07 Å². The number of carbonyl (C=O) groups excluding carboxylic acids is 2. The minimum atomic E-state index is -1.25. The minimum Gasteiger partial charge on any atom is -0.441 e. The van der Waals surface area contributed by atoms with Gasteiger partial charge in [-0.3, -0.25) is 0 Å². The molecule has 0 bridgehead atoms. The summed E-state index contributed by atoms with van der Waals surface area (Å²) in [7, 11) is 0. The molecule has 0 saturated carbocycles. The summed E-state index contributed by atoms with van der Waals surface area (Å²) in [5, 5.41) is 0. The molecule has 0 atom stereocenters. The Hall–Kier alpha value is -3.22. The van der Waals surface area contributed by atoms with Crippen molar-refractivity contribution in [1.29, 1.82) is 0 Å². The van der Waals surface area contributed by atoms with E-state index in [9.17, 15) is 9.59 Å². The van der Waals surface area contributed by atoms with Crippen LogP contribution in [0.4, 0.5) is 11.6 Å². The Morgan fingerprint density at radius 1 is 0.857 bits per heavy atom. The van der Waals surface area contributed by atoms with Crippen molar-refractivity contribution in [2.75, 3.05) is 36.0 Å². The van der Waals surface area contributed by atoms with Gasteiger partial charge in [0.1, 0.15) is 11.3 Å². The lowest BCUT2D eigenvalue weighted by atomic mass is 10.2. The molecule has 0 unspecified atom stereocenters. The highest BCUT2D eigenvalue weighted by Crippen LogP contribution is 2.27. The average molecular weight is 382 g/mol. The van der Waals surface area contributed by atoms with Crippen molar-refractivity contribution in [1.82, 2.24) is 0 Å². The van der Waals surface area contributed by atoms with Crippen LogP contribution in [0.25, 0.3) is 6.08 Å². The lowest BCUT2D eigenvalue weighted by molar-refractivity contribution is -0.222. The largest absolute Gasteiger partial charge is 0.441 e. The zero-order valence-corrected chi connectivity index (χ0v) is 15.9. The highest BCUT2D eigenvalue weighted by molar-refractivity contribution is 6.18. The fourth-order valence-electron chi connectivity index (χ4n) is 3.33. The molecule has 28 heavy (non-hydrogen) atoms. The molecule has 0 aliphatic carbocycles. The third kappa shape index (κ3) is 3.74. The number of esters is 2. The van der Waals surface area contributed by atoms with E-state index in [2.05, 4.69) is 21.9 Å². The maximum atomic E-state index is 12.1. The highest BCUT2D eigenvalue weighted by atomic mass is 16.7. The third-order valence-corrected chi connectivity index (χ3v) is 4.73. The molecule has 1 aromatic heterocycles. The highest BCUT2D eigenvalue weighted by Gasteiger charge is 2.39. The number of rotatable bonds is 3. The first-order chi connectivity index (χ1) is 13.4. The van der Waals surface area contributed by atoms with Gasteiger partial charge in [-0.1, -0.05) is 18.2 Å². The van der Waals surface area contributed by atoms with Gasteiger partial charge in [0.25, 0.3) is 5.79 Å². The van der Waals surface area contributed by atoms with Crippen molar-refractivity contribution in [2.24, 2.45) is 0 Å². The maximum absolute atomic E-state index is 12.1. The Labute approximate surface area is 163 Å². The van der Waals surface area contributed by atoms with Gasteiger partial charge in [-0.2, -0.15) is 0 Å². The lowest BCUT2D eigenvalue weighted by Gasteiger charge is -2.36. The Balaban J connectivity index is 1.43. The van der Waals surface area contributed by atoms with E-state index >= 15 is 0 Å². The molecule has 0 radical (unpaired) electrons. The number of piperazine rings is 1. The Bertz CT molecular complexity index is 886. The number of para-hydroxylation sites is 1. The van der Waals surface area contributed by atoms with Gasteiger partial charge in [0.15, 0.2) is 5.88 Å². The van der Waals surface area contributed by atoms with E-state index in [0.29, 0.717) is 11.6 Å². The van der Waals surface area contributed by atoms with Crippen LogP contribution in [0, 0.1) is 0 Å². The predicted octanol–water partition coefficient (Wildman–Crippen LogP) is 2.83. The minimum absolute atomic E-state index is 0.172. The number of benzene rings is 1. The van der Waals surface area contributed by atoms with Crippen LogP contribution < -0.4 is 9.80 Å². The molecule has 2 saturated heterocycles. The van der Waals surface area contributed by atoms with Crippen molar-refractivity contribution in [3.05, 3.63) is 53.8 Å². The van der Waals surface area contributed by atoms with Crippen LogP contribution in [-0.4, -0.2) is 43.9 Å². The van der Waals surface area contributed by atoms with Gasteiger partial charge in [0.05, 0.1) is 0 Å². The summed E-state index contributed by atoms with van der Waals surface area (Å²) in [6, 6.07) is 13.9. The fraction of sp³-hybridized carbons (Fsp3) is 0.333. The maximum Gasteiger partial charge on any atom is 0.348 e. The molecule has 2 aliphatic heterocycles. The number of ether oxygens (including phenoxy) is 2. The SMILES string of the molecule is CC1(C)OC(=O)C(=Cc2ccc(N3CCN(c4ccccc4)CC3)o2)C(=O)O1. The zero-order chi connectivity index (χ0) is 19.7. The summed E-state index contributed by atoms with van der Waals surface area (Å²) in [4.78, 5) is 28.6. The Morgan fingerprint density at radius 2 is 1.46 bits per heavy atom. The van der Waals surface area contributed by atoms with Crippen LogP contribution in [-0.2, 0) is 19.1 Å². The number of hydrogen-bond acceptors (Lipinski definition) is 7. The number of cyclic esters (lactones) is 2. The quantitative estimate of drug-likeness (QED) is 0.459. The first-order valence-electron chi connectivity index (χ1n) is 9.24. The Morgan fingerprint density at radius 3 is 2.11 bits per heavy atom. The molecule has 146 valence electrons. The molecule has 1 aromatic carbocycles. The van der Waals surface area contributed by atoms with E-state index in [4.69, 9.17) is 13.9 Å². The topological polar surface area (TPSA) is 72.2 Å². The second-order valence-corrected chi connectivity index (χ2v) is 7.22. The average Bonchev–Trinajstić information content (AvgIpc) is 3.14. The van der Waals surface area contributed by atoms with Crippen molar-refractivity contribution in [2.45, 2.75) is 19.6 Å². The summed E-state index contributed by atoms with van der Waals surface area (Å²) in [6.07, 6.45) is 1.36. The zero-order valence-electron chi connectivity index (χ0n) is 15.9. The van der Waals surface area contributed by atoms with Crippen LogP contribution in [0.2, 0.25) is 0 Å². The number of hydrogen-bond donors (Lipinski definition) is 0. The van der Waals surface area contributed by atoms with E-state index < -0.39 is 17.7 Å². The predicted molar refractivity (Wildman–Crippen MR) is 104 cm³/mol. The molecule has 2 aromatic rings. The molecule has 7 heteroatoms. The Kier molecular flexibility index (Phi) is 4.58. The molecule has 0 amide bonds. The number of furan rings is 1. The van der Waals surface area contributed by atoms with Crippen LogP contribution in [0.15, 0.2) is 52.5 Å². The van der Waals surface area contributed by atoms with Crippen LogP contribution in [0.5, 0.6) is 0 Å². The second-order valence-electron chi connectivity index (χ2n) is 7.22. The molecular formula is C21H22N2O5. The van der Waals surface area contributed by atoms with Gasteiger partial charge >= 0.3 is 11.9 Å². The lowest BCUT2D eigenvalue weighted by Crippen LogP contribution is -2.46. The summed E-state index contributed by atoms with van der Waals surface area (Å²) in [6.45, 7) is 6.43. The number of nitrogens with zero attached hydrogens (tertiary/aromatic N) is 2. The van der Waals surface area contributed by atoms with Gasteiger partial charge in [-0.05, 0) is 18.2 Å². The van der Waals surface area contributed by atoms with E-state index in [1.165, 1.54) is 25.6 Å². The fourth-order valence-corrected chi connectivity index (χ4v) is 3.33. The van der Waals surface area contributed by atoms with Gasteiger partial charge in [0, 0.05) is 57.9 Å². The van der Waals surface area contributed by atoms with Crippen molar-refractivity contribution in [3.8, 4) is 0 Å². The normalized spacial score (nSPS) is 19.3. The first kappa shape index (κ1) is 18.2. The monoisotopic (exact) mass is 382 g/mol. The molecular weight excluding hydrogens is 360 g/mol. The number of anilines is 2. The van der Waals surface area contributed by atoms with Crippen molar-refractivity contribution >= 4 is 29.6 Å². The molecule has 0 N–H and O–H groups in total. The standard InChI is InChI=1S/C21H22N2O5/c1-21(2)27-19(24)17(20(25)28-21)14-16-8-9-18(26-16)23-12-10-22(11-13-23)15-6-4-3-5-7-15/h3-9,14H,10-13H2,1-2H3. The molecule has 4 rings (SSSR count). The van der Waals surface area contributed by atoms with Gasteiger partial charge < -0.3 is 23.7 Å². The second kappa shape index (κ2) is 7.07. The molecule has 2 fully saturated rings. The van der Waals surface area contributed by atoms with Gasteiger partial charge in [-0.15, -0.1) is 0 Å². The summed E-state index contributed by atoms with van der Waals surface area (Å²) >= 11 is 0. The van der Waals surface area contributed by atoms with Crippen molar-refractivity contribution in [3.63, 3.8) is 0 Å². The van der Waals surface area contributed by atoms with E-state index in [1.807, 2.05) is 24.3 Å². The van der Waals surface area contributed by atoms with Crippen LogP contribution in [0.1, 0.15) is 19.6 Å². The molecule has 2 aliphatic rings.